The van der Waals surface area contributed by atoms with Gasteiger partial charge in [0, 0.05) is 10.0 Å². The zero-order valence-corrected chi connectivity index (χ0v) is 11.4. The molecule has 1 unspecified atom stereocenters. The minimum Gasteiger partial charge on any atom is -0.481 e. The second-order valence-electron chi connectivity index (χ2n) is 3.96. The van der Waals surface area contributed by atoms with Crippen molar-refractivity contribution in [1.82, 2.24) is 5.32 Å². The first kappa shape index (κ1) is 14.8. The van der Waals surface area contributed by atoms with E-state index in [0.29, 0.717) is 15.6 Å². The smallest absolute Gasteiger partial charge is 0.315 e. The molecule has 0 bridgehead atoms. The van der Waals surface area contributed by atoms with Crippen LogP contribution in [0.3, 0.4) is 0 Å². The van der Waals surface area contributed by atoms with Gasteiger partial charge in [-0.05, 0) is 31.5 Å². The van der Waals surface area contributed by atoms with E-state index in [9.17, 15) is 9.59 Å². The van der Waals surface area contributed by atoms with E-state index in [0.717, 1.165) is 0 Å². The fraction of sp³-hybridized carbons (Fsp3) is 0.333. The maximum absolute atomic E-state index is 11.6. The maximum atomic E-state index is 11.6. The number of carbonyl (C=O) groups excluding carboxylic acids is 1. The third kappa shape index (κ3) is 3.62. The summed E-state index contributed by atoms with van der Waals surface area (Å²) in [7, 11) is 0. The molecule has 0 radical (unpaired) electrons. The zero-order valence-electron chi connectivity index (χ0n) is 9.91. The van der Waals surface area contributed by atoms with Gasteiger partial charge in [-0.1, -0.05) is 29.3 Å². The summed E-state index contributed by atoms with van der Waals surface area (Å²) in [6, 6.07) is 4.54. The molecule has 2 N–H and O–H groups in total. The van der Waals surface area contributed by atoms with Crippen molar-refractivity contribution in [3.8, 4) is 0 Å². The Labute approximate surface area is 115 Å². The standard InChI is InChI=1S/C12H13Cl2NO3/c1-6(12(17)18)11(16)15-7(2)9-4-3-8(13)5-10(9)14/h3-7H,1-2H3,(H,15,16)(H,17,18)/t6?,7-/m0/s1. The van der Waals surface area contributed by atoms with E-state index >= 15 is 0 Å². The predicted molar refractivity (Wildman–Crippen MR) is 69.8 cm³/mol. The van der Waals surface area contributed by atoms with E-state index < -0.39 is 17.8 Å². The van der Waals surface area contributed by atoms with Gasteiger partial charge in [-0.2, -0.15) is 0 Å². The summed E-state index contributed by atoms with van der Waals surface area (Å²) < 4.78 is 0. The molecule has 0 aliphatic carbocycles. The van der Waals surface area contributed by atoms with Crippen molar-refractivity contribution in [2.24, 2.45) is 5.92 Å². The second kappa shape index (κ2) is 6.07. The molecule has 98 valence electrons. The Morgan fingerprint density at radius 3 is 2.39 bits per heavy atom. The topological polar surface area (TPSA) is 66.4 Å². The molecule has 0 aliphatic rings. The average molecular weight is 290 g/mol. The van der Waals surface area contributed by atoms with Crippen LogP contribution in [-0.4, -0.2) is 17.0 Å². The van der Waals surface area contributed by atoms with Crippen LogP contribution in [0.25, 0.3) is 0 Å². The molecule has 4 nitrogen and oxygen atoms in total. The van der Waals surface area contributed by atoms with Gasteiger partial charge in [0.15, 0.2) is 0 Å². The number of nitrogens with one attached hydrogen (secondary N) is 1. The van der Waals surface area contributed by atoms with Crippen molar-refractivity contribution in [3.63, 3.8) is 0 Å². The van der Waals surface area contributed by atoms with Gasteiger partial charge in [0.2, 0.25) is 5.91 Å². The lowest BCUT2D eigenvalue weighted by Crippen LogP contribution is -2.35. The molecule has 0 heterocycles. The molecule has 1 amide bonds. The number of benzene rings is 1. The van der Waals surface area contributed by atoms with Crippen molar-refractivity contribution < 1.29 is 14.7 Å². The summed E-state index contributed by atoms with van der Waals surface area (Å²) in [5.41, 5.74) is 0.687. The number of amides is 1. The van der Waals surface area contributed by atoms with E-state index in [1.54, 1.807) is 25.1 Å². The van der Waals surface area contributed by atoms with Crippen molar-refractivity contribution in [2.75, 3.05) is 0 Å². The van der Waals surface area contributed by atoms with Gasteiger partial charge >= 0.3 is 5.97 Å². The van der Waals surface area contributed by atoms with Crippen LogP contribution in [-0.2, 0) is 9.59 Å². The monoisotopic (exact) mass is 289 g/mol. The molecule has 1 rings (SSSR count). The SMILES string of the molecule is CC(C(=O)O)C(=O)N[C@@H](C)c1ccc(Cl)cc1Cl. The van der Waals surface area contributed by atoms with E-state index in [1.807, 2.05) is 0 Å². The van der Waals surface area contributed by atoms with Crippen LogP contribution < -0.4 is 5.32 Å². The third-order valence-electron chi connectivity index (χ3n) is 2.55. The minimum atomic E-state index is -1.16. The molecule has 18 heavy (non-hydrogen) atoms. The van der Waals surface area contributed by atoms with Crippen molar-refractivity contribution in [2.45, 2.75) is 19.9 Å². The first-order valence-corrected chi connectivity index (χ1v) is 6.06. The molecule has 0 saturated carbocycles. The minimum absolute atomic E-state index is 0.385. The van der Waals surface area contributed by atoms with E-state index in [2.05, 4.69) is 5.32 Å². The Morgan fingerprint density at radius 2 is 1.89 bits per heavy atom. The van der Waals surface area contributed by atoms with Gasteiger partial charge in [-0.3, -0.25) is 9.59 Å². The summed E-state index contributed by atoms with van der Waals surface area (Å²) in [5, 5.41) is 12.2. The number of halogens is 2. The van der Waals surface area contributed by atoms with E-state index in [1.165, 1.54) is 6.92 Å². The van der Waals surface area contributed by atoms with Gasteiger partial charge < -0.3 is 10.4 Å². The lowest BCUT2D eigenvalue weighted by atomic mass is 10.1. The summed E-state index contributed by atoms with van der Waals surface area (Å²) in [6.45, 7) is 3.05. The summed E-state index contributed by atoms with van der Waals surface area (Å²) in [6.07, 6.45) is 0. The first-order chi connectivity index (χ1) is 8.32. The number of carbonyl (C=O) groups is 2. The molecule has 0 aromatic heterocycles. The first-order valence-electron chi connectivity index (χ1n) is 5.31. The number of aliphatic carboxylic acids is 1. The lowest BCUT2D eigenvalue weighted by molar-refractivity contribution is -0.146. The van der Waals surface area contributed by atoms with E-state index in [-0.39, 0.29) is 6.04 Å². The second-order valence-corrected chi connectivity index (χ2v) is 4.80. The molecule has 6 heteroatoms. The number of rotatable bonds is 4. The van der Waals surface area contributed by atoms with Crippen molar-refractivity contribution >= 4 is 35.1 Å². The molecule has 0 fully saturated rings. The molecule has 0 spiro atoms. The Balaban J connectivity index is 2.79. The van der Waals surface area contributed by atoms with Crippen LogP contribution in [0.15, 0.2) is 18.2 Å². The number of hydrogen-bond acceptors (Lipinski definition) is 2. The van der Waals surface area contributed by atoms with Crippen LogP contribution in [0, 0.1) is 5.92 Å². The predicted octanol–water partition coefficient (Wildman–Crippen LogP) is 2.89. The van der Waals surface area contributed by atoms with E-state index in [4.69, 9.17) is 28.3 Å². The average Bonchev–Trinajstić information content (AvgIpc) is 2.27. The quantitative estimate of drug-likeness (QED) is 0.838. The molecular weight excluding hydrogens is 277 g/mol. The van der Waals surface area contributed by atoms with Crippen LogP contribution in [0.2, 0.25) is 10.0 Å². The van der Waals surface area contributed by atoms with Gasteiger partial charge in [0.25, 0.3) is 0 Å². The molecular formula is C12H13Cl2NO3. The van der Waals surface area contributed by atoms with Gasteiger partial charge in [0.05, 0.1) is 6.04 Å². The molecule has 0 aliphatic heterocycles. The molecule has 1 aromatic rings. The van der Waals surface area contributed by atoms with Crippen molar-refractivity contribution in [3.05, 3.63) is 33.8 Å². The Morgan fingerprint density at radius 1 is 1.28 bits per heavy atom. The highest BCUT2D eigenvalue weighted by Crippen LogP contribution is 2.26. The fourth-order valence-electron chi connectivity index (χ4n) is 1.38. The van der Waals surface area contributed by atoms with Gasteiger partial charge in [0.1, 0.15) is 5.92 Å². The Hall–Kier alpha value is -1.26. The van der Waals surface area contributed by atoms with Gasteiger partial charge in [-0.25, -0.2) is 0 Å². The van der Waals surface area contributed by atoms with Crippen molar-refractivity contribution in [1.29, 1.82) is 0 Å². The highest BCUT2D eigenvalue weighted by Gasteiger charge is 2.22. The number of carboxylic acids is 1. The van der Waals surface area contributed by atoms with Crippen LogP contribution in [0.1, 0.15) is 25.5 Å². The maximum Gasteiger partial charge on any atom is 0.315 e. The lowest BCUT2D eigenvalue weighted by Gasteiger charge is -2.17. The fourth-order valence-corrected chi connectivity index (χ4v) is 1.95. The molecule has 0 saturated heterocycles. The number of carboxylic acid groups (broad SMARTS) is 1. The summed E-state index contributed by atoms with van der Waals surface area (Å²) >= 11 is 11.8. The van der Waals surface area contributed by atoms with Crippen LogP contribution >= 0.6 is 23.2 Å². The van der Waals surface area contributed by atoms with Gasteiger partial charge in [-0.15, -0.1) is 0 Å². The highest BCUT2D eigenvalue weighted by atomic mass is 35.5. The molecule has 1 aromatic carbocycles. The zero-order chi connectivity index (χ0) is 13.9. The Kier molecular flexibility index (Phi) is 4.99. The summed E-state index contributed by atoms with van der Waals surface area (Å²) in [4.78, 5) is 22.3. The number of hydrogen-bond donors (Lipinski definition) is 2. The largest absolute Gasteiger partial charge is 0.481 e. The Bertz CT molecular complexity index is 476. The highest BCUT2D eigenvalue weighted by molar-refractivity contribution is 6.35. The normalized spacial score (nSPS) is 13.8. The molecule has 2 atom stereocenters. The van der Waals surface area contributed by atoms with Crippen LogP contribution in [0.5, 0.6) is 0 Å². The summed E-state index contributed by atoms with van der Waals surface area (Å²) in [5.74, 6) is -2.82. The third-order valence-corrected chi connectivity index (χ3v) is 3.11. The van der Waals surface area contributed by atoms with Crippen LogP contribution in [0.4, 0.5) is 0 Å².